The van der Waals surface area contributed by atoms with E-state index in [9.17, 15) is 13.2 Å². The minimum absolute atomic E-state index is 0.410. The third-order valence-electron chi connectivity index (χ3n) is 6.21. The van der Waals surface area contributed by atoms with Crippen LogP contribution in [-0.4, -0.2) is 11.5 Å². The molecule has 178 valence electrons. The van der Waals surface area contributed by atoms with Crippen molar-refractivity contribution in [1.29, 1.82) is 0 Å². The van der Waals surface area contributed by atoms with Gasteiger partial charge in [-0.3, -0.25) is 4.98 Å². The first-order valence-corrected chi connectivity index (χ1v) is 12.1. The van der Waals surface area contributed by atoms with Crippen molar-refractivity contribution in [2.45, 2.75) is 77.3 Å². The zero-order chi connectivity index (χ0) is 23.7. The maximum atomic E-state index is 13.2. The lowest BCUT2D eigenvalue weighted by Gasteiger charge is -2.13. The molecule has 3 rings (SSSR count). The van der Waals surface area contributed by atoms with Crippen molar-refractivity contribution in [1.82, 2.24) is 4.98 Å². The number of pyridine rings is 1. The van der Waals surface area contributed by atoms with E-state index in [-0.39, 0.29) is 0 Å². The van der Waals surface area contributed by atoms with E-state index in [1.807, 2.05) is 13.0 Å². The number of nitrogens with two attached hydrogens (primary N) is 1. The first-order valence-electron chi connectivity index (χ1n) is 12.1. The number of rotatable bonds is 12. The fourth-order valence-electron chi connectivity index (χ4n) is 4.22. The van der Waals surface area contributed by atoms with E-state index in [1.165, 1.54) is 43.7 Å². The average molecular weight is 457 g/mol. The van der Waals surface area contributed by atoms with E-state index >= 15 is 0 Å². The van der Waals surface area contributed by atoms with Crippen LogP contribution in [0.1, 0.15) is 79.3 Å². The molecule has 3 aromatic rings. The maximum absolute atomic E-state index is 13.2. The number of hydrogen-bond acceptors (Lipinski definition) is 2. The summed E-state index contributed by atoms with van der Waals surface area (Å²) in [5.74, 6) is 0. The third-order valence-corrected chi connectivity index (χ3v) is 6.21. The van der Waals surface area contributed by atoms with Crippen molar-refractivity contribution >= 4 is 10.9 Å². The van der Waals surface area contributed by atoms with Crippen LogP contribution in [0.4, 0.5) is 13.2 Å². The predicted octanol–water partition coefficient (Wildman–Crippen LogP) is 7.77. The lowest BCUT2D eigenvalue weighted by Crippen LogP contribution is -2.06. The van der Waals surface area contributed by atoms with Crippen LogP contribution in [-0.2, 0) is 19.0 Å². The van der Waals surface area contributed by atoms with Crippen LogP contribution in [0, 0.1) is 6.92 Å². The minimum atomic E-state index is -4.37. The minimum Gasteiger partial charge on any atom is -0.330 e. The molecule has 0 bridgehead atoms. The molecule has 2 aromatic carbocycles. The Morgan fingerprint density at radius 2 is 1.42 bits per heavy atom. The number of nitrogens with zero attached hydrogens (tertiary/aromatic N) is 1. The molecule has 2 N–H and O–H groups in total. The molecule has 0 fully saturated rings. The topological polar surface area (TPSA) is 38.9 Å². The highest BCUT2D eigenvalue weighted by molar-refractivity contribution is 5.80. The van der Waals surface area contributed by atoms with Gasteiger partial charge in [0.2, 0.25) is 0 Å². The van der Waals surface area contributed by atoms with Gasteiger partial charge in [-0.1, -0.05) is 74.4 Å². The summed E-state index contributed by atoms with van der Waals surface area (Å²) >= 11 is 0. The van der Waals surface area contributed by atoms with Gasteiger partial charge in [-0.2, -0.15) is 13.2 Å². The maximum Gasteiger partial charge on any atom is 0.416 e. The fourth-order valence-corrected chi connectivity index (χ4v) is 4.22. The Morgan fingerprint density at radius 3 is 2.06 bits per heavy atom. The Labute approximate surface area is 195 Å². The zero-order valence-electron chi connectivity index (χ0n) is 19.6. The number of hydrogen-bond donors (Lipinski definition) is 1. The van der Waals surface area contributed by atoms with Crippen molar-refractivity contribution in [3.8, 4) is 0 Å². The molecule has 1 aromatic heterocycles. The standard InChI is InChI=1S/C28H35F3N2/c1-21-11-13-22(14-12-21)18-26-23(10-8-6-4-2-3-5-7-9-17-32)19-24-15-16-25(28(29,30)31)20-27(24)33-26/h11-16,19-20H,2-10,17-18,32H2,1H3. The van der Waals surface area contributed by atoms with Gasteiger partial charge < -0.3 is 5.73 Å². The van der Waals surface area contributed by atoms with Gasteiger partial charge in [0.1, 0.15) is 0 Å². The van der Waals surface area contributed by atoms with Crippen molar-refractivity contribution in [2.75, 3.05) is 6.54 Å². The molecule has 5 heteroatoms. The lowest BCUT2D eigenvalue weighted by atomic mass is 9.97. The predicted molar refractivity (Wildman–Crippen MR) is 130 cm³/mol. The number of aromatic nitrogens is 1. The Kier molecular flexibility index (Phi) is 9.30. The van der Waals surface area contributed by atoms with Gasteiger partial charge in [0, 0.05) is 17.5 Å². The van der Waals surface area contributed by atoms with Gasteiger partial charge in [-0.05, 0) is 62.1 Å². The van der Waals surface area contributed by atoms with Gasteiger partial charge in [0.05, 0.1) is 11.1 Å². The highest BCUT2D eigenvalue weighted by atomic mass is 19.4. The molecule has 0 atom stereocenters. The number of alkyl halides is 3. The molecule has 0 amide bonds. The molecule has 0 aliphatic heterocycles. The Bertz CT molecular complexity index is 1010. The van der Waals surface area contributed by atoms with E-state index < -0.39 is 11.7 Å². The number of fused-ring (bicyclic) bond motifs is 1. The third kappa shape index (κ3) is 7.85. The zero-order valence-corrected chi connectivity index (χ0v) is 19.6. The van der Waals surface area contributed by atoms with Crippen LogP contribution in [0.15, 0.2) is 48.5 Å². The van der Waals surface area contributed by atoms with Crippen LogP contribution in [0.25, 0.3) is 10.9 Å². The van der Waals surface area contributed by atoms with Crippen LogP contribution in [0.2, 0.25) is 0 Å². The Hall–Kier alpha value is -2.40. The number of benzene rings is 2. The van der Waals surface area contributed by atoms with Gasteiger partial charge in [0.25, 0.3) is 0 Å². The quantitative estimate of drug-likeness (QED) is 0.283. The van der Waals surface area contributed by atoms with Crippen molar-refractivity contribution in [3.05, 3.63) is 76.5 Å². The first-order chi connectivity index (χ1) is 15.9. The summed E-state index contributed by atoms with van der Waals surface area (Å²) in [5.41, 5.74) is 9.63. The summed E-state index contributed by atoms with van der Waals surface area (Å²) in [6.45, 7) is 2.82. The number of aryl methyl sites for hydroxylation is 2. The number of unbranched alkanes of at least 4 members (excludes halogenated alkanes) is 7. The van der Waals surface area contributed by atoms with E-state index in [0.717, 1.165) is 60.5 Å². The second kappa shape index (κ2) is 12.2. The molecule has 0 aliphatic rings. The van der Waals surface area contributed by atoms with Crippen molar-refractivity contribution < 1.29 is 13.2 Å². The van der Waals surface area contributed by atoms with Crippen LogP contribution >= 0.6 is 0 Å². The fraction of sp³-hybridized carbons (Fsp3) is 0.464. The Balaban J connectivity index is 1.71. The monoisotopic (exact) mass is 456 g/mol. The van der Waals surface area contributed by atoms with E-state index in [4.69, 9.17) is 10.7 Å². The summed E-state index contributed by atoms with van der Waals surface area (Å²) in [5, 5.41) is 0.769. The number of halogens is 3. The SMILES string of the molecule is Cc1ccc(Cc2nc3cc(C(F)(F)F)ccc3cc2CCCCCCCCCCN)cc1. The average Bonchev–Trinajstić information content (AvgIpc) is 2.78. The molecule has 0 unspecified atom stereocenters. The van der Waals surface area contributed by atoms with E-state index in [1.54, 1.807) is 6.07 Å². The summed E-state index contributed by atoms with van der Waals surface area (Å²) in [6.07, 6.45) is 6.70. The van der Waals surface area contributed by atoms with Crippen molar-refractivity contribution in [2.24, 2.45) is 5.73 Å². The first kappa shape index (κ1) is 25.2. The summed E-state index contributed by atoms with van der Waals surface area (Å²) in [4.78, 5) is 4.71. The van der Waals surface area contributed by atoms with Crippen LogP contribution in [0.3, 0.4) is 0 Å². The second-order valence-corrected chi connectivity index (χ2v) is 9.03. The molecular formula is C28H35F3N2. The summed E-state index contributed by atoms with van der Waals surface area (Å²) in [7, 11) is 0. The van der Waals surface area contributed by atoms with Gasteiger partial charge in [0.15, 0.2) is 0 Å². The highest BCUT2D eigenvalue weighted by Crippen LogP contribution is 2.32. The van der Waals surface area contributed by atoms with E-state index in [0.29, 0.717) is 11.9 Å². The molecule has 1 heterocycles. The molecule has 0 spiro atoms. The second-order valence-electron chi connectivity index (χ2n) is 9.03. The van der Waals surface area contributed by atoms with Crippen molar-refractivity contribution in [3.63, 3.8) is 0 Å². The molecule has 0 saturated heterocycles. The van der Waals surface area contributed by atoms with E-state index in [2.05, 4.69) is 24.3 Å². The molecule has 0 saturated carbocycles. The molecule has 0 aliphatic carbocycles. The van der Waals surface area contributed by atoms with Crippen LogP contribution in [0.5, 0.6) is 0 Å². The summed E-state index contributed by atoms with van der Waals surface area (Å²) < 4.78 is 39.6. The van der Waals surface area contributed by atoms with Gasteiger partial charge in [-0.15, -0.1) is 0 Å². The normalized spacial score (nSPS) is 11.9. The molecule has 0 radical (unpaired) electrons. The van der Waals surface area contributed by atoms with Gasteiger partial charge >= 0.3 is 6.18 Å². The largest absolute Gasteiger partial charge is 0.416 e. The summed E-state index contributed by atoms with van der Waals surface area (Å²) in [6, 6.07) is 14.2. The van der Waals surface area contributed by atoms with Crippen LogP contribution < -0.4 is 5.73 Å². The smallest absolute Gasteiger partial charge is 0.330 e. The highest BCUT2D eigenvalue weighted by Gasteiger charge is 2.30. The molecule has 2 nitrogen and oxygen atoms in total. The molecular weight excluding hydrogens is 421 g/mol. The van der Waals surface area contributed by atoms with Gasteiger partial charge in [-0.25, -0.2) is 0 Å². The Morgan fingerprint density at radius 1 is 0.788 bits per heavy atom. The lowest BCUT2D eigenvalue weighted by molar-refractivity contribution is -0.137. The molecule has 33 heavy (non-hydrogen) atoms.